The zero-order valence-corrected chi connectivity index (χ0v) is 11.5. The van der Waals surface area contributed by atoms with Gasteiger partial charge >= 0.3 is 12.0 Å². The van der Waals surface area contributed by atoms with E-state index in [4.69, 9.17) is 21.4 Å². The quantitative estimate of drug-likeness (QED) is 0.878. The Morgan fingerprint density at radius 1 is 1.30 bits per heavy atom. The Hall–Kier alpha value is -1.79. The van der Waals surface area contributed by atoms with Crippen molar-refractivity contribution < 1.29 is 19.4 Å². The molecular formula is C13H15ClN2O4. The smallest absolute Gasteiger partial charge is 0.337 e. The highest BCUT2D eigenvalue weighted by Gasteiger charge is 2.18. The molecule has 7 heteroatoms. The molecule has 0 bridgehead atoms. The number of benzene rings is 1. The first kappa shape index (κ1) is 14.6. The first-order valence-electron chi connectivity index (χ1n) is 6.24. The lowest BCUT2D eigenvalue weighted by Crippen LogP contribution is -2.37. The van der Waals surface area contributed by atoms with Gasteiger partial charge in [0.1, 0.15) is 0 Å². The number of ether oxygens (including phenoxy) is 1. The monoisotopic (exact) mass is 298 g/mol. The molecule has 0 aliphatic carbocycles. The third-order valence-corrected chi connectivity index (χ3v) is 3.20. The molecule has 0 radical (unpaired) electrons. The minimum Gasteiger partial charge on any atom is -0.478 e. The fourth-order valence-corrected chi connectivity index (χ4v) is 2.12. The van der Waals surface area contributed by atoms with Crippen LogP contribution in [0.15, 0.2) is 18.2 Å². The molecule has 1 aliphatic rings. The van der Waals surface area contributed by atoms with E-state index in [1.807, 2.05) is 0 Å². The number of anilines is 1. The molecule has 1 fully saturated rings. The van der Waals surface area contributed by atoms with Crippen molar-refractivity contribution in [2.24, 2.45) is 0 Å². The molecule has 1 aromatic carbocycles. The lowest BCUT2D eigenvalue weighted by atomic mass is 10.2. The summed E-state index contributed by atoms with van der Waals surface area (Å²) in [6.45, 7) is 2.17. The number of hydrogen-bond acceptors (Lipinski definition) is 3. The number of rotatable bonds is 2. The van der Waals surface area contributed by atoms with Crippen molar-refractivity contribution in [2.75, 3.05) is 31.6 Å². The van der Waals surface area contributed by atoms with Crippen molar-refractivity contribution in [3.8, 4) is 0 Å². The second-order valence-corrected chi connectivity index (χ2v) is 4.81. The van der Waals surface area contributed by atoms with Gasteiger partial charge in [0.05, 0.1) is 17.9 Å². The Morgan fingerprint density at radius 2 is 2.10 bits per heavy atom. The summed E-state index contributed by atoms with van der Waals surface area (Å²) >= 11 is 5.84. The van der Waals surface area contributed by atoms with Crippen LogP contribution in [0.4, 0.5) is 10.5 Å². The molecule has 0 saturated carbocycles. The minimum atomic E-state index is -1.11. The summed E-state index contributed by atoms with van der Waals surface area (Å²) in [5.74, 6) is -1.11. The van der Waals surface area contributed by atoms with Gasteiger partial charge in [-0.1, -0.05) is 11.6 Å². The number of amides is 2. The fourth-order valence-electron chi connectivity index (χ4n) is 1.95. The Labute approximate surface area is 121 Å². The van der Waals surface area contributed by atoms with E-state index in [2.05, 4.69) is 5.32 Å². The summed E-state index contributed by atoms with van der Waals surface area (Å²) in [5, 5.41) is 12.1. The summed E-state index contributed by atoms with van der Waals surface area (Å²) in [4.78, 5) is 24.8. The summed E-state index contributed by atoms with van der Waals surface area (Å²) < 4.78 is 5.27. The van der Waals surface area contributed by atoms with E-state index in [1.54, 1.807) is 4.90 Å². The lowest BCUT2D eigenvalue weighted by molar-refractivity contribution is 0.0698. The number of aromatic carboxylic acids is 1. The van der Waals surface area contributed by atoms with Crippen LogP contribution in [0.1, 0.15) is 16.8 Å². The second-order valence-electron chi connectivity index (χ2n) is 4.38. The van der Waals surface area contributed by atoms with Gasteiger partial charge in [-0.25, -0.2) is 9.59 Å². The maximum Gasteiger partial charge on any atom is 0.337 e. The molecule has 2 N–H and O–H groups in total. The van der Waals surface area contributed by atoms with Crippen molar-refractivity contribution in [1.82, 2.24) is 4.90 Å². The van der Waals surface area contributed by atoms with Gasteiger partial charge in [-0.2, -0.15) is 0 Å². The molecule has 1 heterocycles. The number of urea groups is 1. The molecule has 108 valence electrons. The topological polar surface area (TPSA) is 78.9 Å². The molecule has 2 rings (SSSR count). The van der Waals surface area contributed by atoms with E-state index < -0.39 is 5.97 Å². The van der Waals surface area contributed by atoms with Crippen LogP contribution in [-0.2, 0) is 4.74 Å². The van der Waals surface area contributed by atoms with E-state index in [0.29, 0.717) is 31.3 Å². The van der Waals surface area contributed by atoms with Gasteiger partial charge in [-0.15, -0.1) is 0 Å². The van der Waals surface area contributed by atoms with E-state index in [0.717, 1.165) is 6.42 Å². The average Bonchev–Trinajstić information content (AvgIpc) is 2.67. The van der Waals surface area contributed by atoms with Crippen molar-refractivity contribution >= 4 is 29.3 Å². The first-order chi connectivity index (χ1) is 9.58. The zero-order valence-electron chi connectivity index (χ0n) is 10.8. The second kappa shape index (κ2) is 6.58. The highest BCUT2D eigenvalue weighted by molar-refractivity contribution is 6.31. The molecular weight excluding hydrogens is 284 g/mol. The largest absolute Gasteiger partial charge is 0.478 e. The van der Waals surface area contributed by atoms with Crippen LogP contribution in [0, 0.1) is 0 Å². The van der Waals surface area contributed by atoms with Crippen LogP contribution in [0.2, 0.25) is 5.02 Å². The van der Waals surface area contributed by atoms with Gasteiger partial charge in [-0.05, 0) is 24.6 Å². The van der Waals surface area contributed by atoms with Gasteiger partial charge in [-0.3, -0.25) is 0 Å². The zero-order chi connectivity index (χ0) is 14.5. The summed E-state index contributed by atoms with van der Waals surface area (Å²) in [6, 6.07) is 3.92. The Balaban J connectivity index is 2.14. The SMILES string of the molecule is O=C(O)c1ccc(Cl)cc1NC(=O)N1CCCOCC1. The van der Waals surface area contributed by atoms with Gasteiger partial charge in [0.15, 0.2) is 0 Å². The molecule has 0 unspecified atom stereocenters. The Kier molecular flexibility index (Phi) is 4.81. The van der Waals surface area contributed by atoms with E-state index in [1.165, 1.54) is 18.2 Å². The summed E-state index contributed by atoms with van der Waals surface area (Å²) in [6.07, 6.45) is 0.759. The van der Waals surface area contributed by atoms with Gasteiger partial charge < -0.3 is 20.1 Å². The Bertz CT molecular complexity index is 513. The van der Waals surface area contributed by atoms with Crippen LogP contribution < -0.4 is 5.32 Å². The van der Waals surface area contributed by atoms with Crippen LogP contribution in [-0.4, -0.2) is 48.3 Å². The van der Waals surface area contributed by atoms with Crippen molar-refractivity contribution in [2.45, 2.75) is 6.42 Å². The number of carboxylic acids is 1. The van der Waals surface area contributed by atoms with E-state index in [9.17, 15) is 9.59 Å². The third kappa shape index (κ3) is 3.61. The number of carbonyl (C=O) groups excluding carboxylic acids is 1. The van der Waals surface area contributed by atoms with Crippen molar-refractivity contribution in [1.29, 1.82) is 0 Å². The van der Waals surface area contributed by atoms with Crippen molar-refractivity contribution in [3.05, 3.63) is 28.8 Å². The van der Waals surface area contributed by atoms with Crippen LogP contribution in [0.25, 0.3) is 0 Å². The number of hydrogen-bond donors (Lipinski definition) is 2. The average molecular weight is 299 g/mol. The minimum absolute atomic E-state index is 0.00817. The fraction of sp³-hybridized carbons (Fsp3) is 0.385. The predicted octanol–water partition coefficient (Wildman–Crippen LogP) is 2.29. The highest BCUT2D eigenvalue weighted by atomic mass is 35.5. The number of halogens is 1. The van der Waals surface area contributed by atoms with E-state index in [-0.39, 0.29) is 17.3 Å². The molecule has 0 aromatic heterocycles. The van der Waals surface area contributed by atoms with Gasteiger partial charge in [0, 0.05) is 24.7 Å². The molecule has 6 nitrogen and oxygen atoms in total. The highest BCUT2D eigenvalue weighted by Crippen LogP contribution is 2.21. The maximum absolute atomic E-state index is 12.1. The van der Waals surface area contributed by atoms with Crippen LogP contribution in [0.3, 0.4) is 0 Å². The summed E-state index contributed by atoms with van der Waals surface area (Å²) in [7, 11) is 0. The number of carboxylic acid groups (broad SMARTS) is 1. The molecule has 1 aliphatic heterocycles. The molecule has 20 heavy (non-hydrogen) atoms. The van der Waals surface area contributed by atoms with Crippen molar-refractivity contribution in [3.63, 3.8) is 0 Å². The molecule has 0 spiro atoms. The van der Waals surface area contributed by atoms with Crippen LogP contribution >= 0.6 is 11.6 Å². The molecule has 2 amide bonds. The number of carbonyl (C=O) groups is 2. The standard InChI is InChI=1S/C13H15ClN2O4/c14-9-2-3-10(12(17)18)11(8-9)15-13(19)16-4-1-6-20-7-5-16/h2-3,8H,1,4-7H2,(H,15,19)(H,17,18). The number of nitrogens with one attached hydrogen (secondary N) is 1. The maximum atomic E-state index is 12.1. The number of nitrogens with zero attached hydrogens (tertiary/aromatic N) is 1. The lowest BCUT2D eigenvalue weighted by Gasteiger charge is -2.20. The molecule has 1 saturated heterocycles. The predicted molar refractivity (Wildman–Crippen MR) is 74.4 cm³/mol. The van der Waals surface area contributed by atoms with Gasteiger partial charge in [0.2, 0.25) is 0 Å². The van der Waals surface area contributed by atoms with E-state index >= 15 is 0 Å². The third-order valence-electron chi connectivity index (χ3n) is 2.96. The molecule has 0 atom stereocenters. The van der Waals surface area contributed by atoms with Crippen LogP contribution in [0.5, 0.6) is 0 Å². The first-order valence-corrected chi connectivity index (χ1v) is 6.62. The normalized spacial score (nSPS) is 15.6. The Morgan fingerprint density at radius 3 is 2.85 bits per heavy atom. The molecule has 1 aromatic rings. The van der Waals surface area contributed by atoms with Gasteiger partial charge in [0.25, 0.3) is 0 Å². The summed E-state index contributed by atoms with van der Waals surface area (Å²) in [5.41, 5.74) is 0.203.